The van der Waals surface area contributed by atoms with Crippen LogP contribution < -0.4 is 5.43 Å². The number of nitrogens with zero attached hydrogens (tertiary/aromatic N) is 2. The minimum atomic E-state index is -0.290. The predicted molar refractivity (Wildman–Crippen MR) is 133 cm³/mol. The normalized spacial score (nSPS) is 11.1. The number of hydrazone groups is 1. The summed E-state index contributed by atoms with van der Waals surface area (Å²) in [6.45, 7) is 3.81. The van der Waals surface area contributed by atoms with Crippen LogP contribution >= 0.6 is 11.8 Å². The average Bonchev–Trinajstić information content (AvgIpc) is 3.12. The van der Waals surface area contributed by atoms with Crippen LogP contribution in [0.2, 0.25) is 0 Å². The monoisotopic (exact) mass is 457 g/mol. The summed E-state index contributed by atoms with van der Waals surface area (Å²) in [5, 5.41) is 4.11. The molecule has 0 aliphatic rings. The molecule has 0 saturated heterocycles. The van der Waals surface area contributed by atoms with Gasteiger partial charge in [-0.25, -0.2) is 9.82 Å². The maximum absolute atomic E-state index is 14.2. The van der Waals surface area contributed by atoms with Crippen LogP contribution in [0.3, 0.4) is 0 Å². The molecular formula is C27H24FN3OS. The standard InChI is InChI=1S/C27H24FN3OS/c1-19-16-23(20(2)31(19)26-11-7-6-10-25(26)28)17-29-30-27(32)22-14-12-21(13-15-22)18-33-24-8-4-3-5-9-24/h3-17H,18H2,1-2H3,(H,30,32)/b29-17+. The lowest BCUT2D eigenvalue weighted by molar-refractivity contribution is 0.0955. The highest BCUT2D eigenvalue weighted by atomic mass is 32.2. The van der Waals surface area contributed by atoms with E-state index in [1.165, 1.54) is 11.0 Å². The van der Waals surface area contributed by atoms with Gasteiger partial charge in [0, 0.05) is 33.2 Å². The van der Waals surface area contributed by atoms with Crippen molar-refractivity contribution in [2.45, 2.75) is 24.5 Å². The maximum atomic E-state index is 14.2. The Balaban J connectivity index is 1.38. The third-order valence-electron chi connectivity index (χ3n) is 5.30. The Bertz CT molecular complexity index is 1280. The van der Waals surface area contributed by atoms with Crippen LogP contribution in [0.1, 0.15) is 32.9 Å². The van der Waals surface area contributed by atoms with Gasteiger partial charge in [-0.3, -0.25) is 4.79 Å². The summed E-state index contributed by atoms with van der Waals surface area (Å²) in [6, 6.07) is 26.3. The predicted octanol–water partition coefficient (Wildman–Crippen LogP) is 6.29. The first-order valence-corrected chi connectivity index (χ1v) is 11.6. The molecule has 0 bridgehead atoms. The SMILES string of the molecule is Cc1cc(/C=N/NC(=O)c2ccc(CSc3ccccc3)cc2)c(C)n1-c1ccccc1F. The topological polar surface area (TPSA) is 46.4 Å². The number of hydrogen-bond acceptors (Lipinski definition) is 3. The van der Waals surface area contributed by atoms with E-state index in [-0.39, 0.29) is 11.7 Å². The molecule has 0 aliphatic heterocycles. The number of carbonyl (C=O) groups is 1. The van der Waals surface area contributed by atoms with Gasteiger partial charge in [0.05, 0.1) is 11.9 Å². The Kier molecular flexibility index (Phi) is 7.05. The van der Waals surface area contributed by atoms with E-state index in [2.05, 4.69) is 22.7 Å². The number of thioether (sulfide) groups is 1. The van der Waals surface area contributed by atoms with Crippen LogP contribution in [0.15, 0.2) is 94.9 Å². The quantitative estimate of drug-likeness (QED) is 0.201. The number of benzene rings is 3. The summed E-state index contributed by atoms with van der Waals surface area (Å²) in [6.07, 6.45) is 1.59. The fourth-order valence-corrected chi connectivity index (χ4v) is 4.46. The number of aromatic nitrogens is 1. The second kappa shape index (κ2) is 10.3. The van der Waals surface area contributed by atoms with Gasteiger partial charge < -0.3 is 4.57 Å². The van der Waals surface area contributed by atoms with Crippen LogP contribution in [0.25, 0.3) is 5.69 Å². The molecule has 6 heteroatoms. The third-order valence-corrected chi connectivity index (χ3v) is 6.38. The molecule has 1 aromatic heterocycles. The Morgan fingerprint density at radius 3 is 2.42 bits per heavy atom. The molecular weight excluding hydrogens is 433 g/mol. The van der Waals surface area contributed by atoms with E-state index < -0.39 is 0 Å². The highest BCUT2D eigenvalue weighted by Crippen LogP contribution is 2.23. The lowest BCUT2D eigenvalue weighted by Crippen LogP contribution is -2.17. The number of carbonyl (C=O) groups excluding carboxylic acids is 1. The summed E-state index contributed by atoms with van der Waals surface area (Å²) in [5.74, 6) is 0.264. The molecule has 0 saturated carbocycles. The first-order valence-electron chi connectivity index (χ1n) is 10.6. The molecule has 0 aliphatic carbocycles. The fraction of sp³-hybridized carbons (Fsp3) is 0.111. The number of rotatable bonds is 7. The second-order valence-corrected chi connectivity index (χ2v) is 8.66. The van der Waals surface area contributed by atoms with E-state index >= 15 is 0 Å². The highest BCUT2D eigenvalue weighted by Gasteiger charge is 2.12. The van der Waals surface area contributed by atoms with E-state index in [1.54, 1.807) is 48.3 Å². The van der Waals surface area contributed by atoms with Crippen LogP contribution in [0.5, 0.6) is 0 Å². The van der Waals surface area contributed by atoms with E-state index in [9.17, 15) is 9.18 Å². The molecule has 0 unspecified atom stereocenters. The Labute approximate surface area is 197 Å². The van der Waals surface area contributed by atoms with Crippen LogP contribution in [0, 0.1) is 19.7 Å². The number of nitrogens with one attached hydrogen (secondary N) is 1. The summed E-state index contributed by atoms with van der Waals surface area (Å²) >= 11 is 1.75. The number of hydrogen-bond donors (Lipinski definition) is 1. The Morgan fingerprint density at radius 2 is 1.70 bits per heavy atom. The van der Waals surface area contributed by atoms with E-state index in [4.69, 9.17) is 0 Å². The molecule has 1 heterocycles. The number of halogens is 1. The van der Waals surface area contributed by atoms with Crippen molar-refractivity contribution in [2.24, 2.45) is 5.10 Å². The van der Waals surface area contributed by atoms with Gasteiger partial charge in [-0.05, 0) is 61.9 Å². The lowest BCUT2D eigenvalue weighted by atomic mass is 10.1. The van der Waals surface area contributed by atoms with Crippen molar-refractivity contribution < 1.29 is 9.18 Å². The summed E-state index contributed by atoms with van der Waals surface area (Å²) in [4.78, 5) is 13.7. The van der Waals surface area contributed by atoms with Crippen molar-refractivity contribution >= 4 is 23.9 Å². The second-order valence-electron chi connectivity index (χ2n) is 7.61. The van der Waals surface area contributed by atoms with Crippen molar-refractivity contribution in [2.75, 3.05) is 0 Å². The van der Waals surface area contributed by atoms with E-state index in [0.29, 0.717) is 11.3 Å². The third kappa shape index (κ3) is 5.41. The van der Waals surface area contributed by atoms with Gasteiger partial charge in [-0.1, -0.05) is 42.5 Å². The minimum Gasteiger partial charge on any atom is -0.315 e. The van der Waals surface area contributed by atoms with Gasteiger partial charge in [0.15, 0.2) is 0 Å². The molecule has 0 spiro atoms. The molecule has 0 fully saturated rings. The number of para-hydroxylation sites is 1. The largest absolute Gasteiger partial charge is 0.315 e. The molecule has 0 radical (unpaired) electrons. The van der Waals surface area contributed by atoms with E-state index in [0.717, 1.165) is 28.3 Å². The first kappa shape index (κ1) is 22.6. The molecule has 4 nitrogen and oxygen atoms in total. The molecule has 1 amide bonds. The lowest BCUT2D eigenvalue weighted by Gasteiger charge is -2.10. The summed E-state index contributed by atoms with van der Waals surface area (Å²) in [5.41, 5.74) is 7.28. The Morgan fingerprint density at radius 1 is 1.00 bits per heavy atom. The van der Waals surface area contributed by atoms with Gasteiger partial charge in [0.2, 0.25) is 0 Å². The zero-order valence-electron chi connectivity index (χ0n) is 18.5. The average molecular weight is 458 g/mol. The Hall–Kier alpha value is -3.64. The fourth-order valence-electron chi connectivity index (χ4n) is 3.58. The molecule has 4 aromatic rings. The molecule has 0 atom stereocenters. The van der Waals surface area contributed by atoms with Crippen molar-refractivity contribution in [3.63, 3.8) is 0 Å². The minimum absolute atomic E-state index is 0.281. The summed E-state index contributed by atoms with van der Waals surface area (Å²) < 4.78 is 16.1. The van der Waals surface area contributed by atoms with Gasteiger partial charge in [-0.15, -0.1) is 11.8 Å². The smallest absolute Gasteiger partial charge is 0.271 e. The van der Waals surface area contributed by atoms with Crippen LogP contribution in [0.4, 0.5) is 4.39 Å². The van der Waals surface area contributed by atoms with Gasteiger partial charge in [0.25, 0.3) is 5.91 Å². The first-order chi connectivity index (χ1) is 16.0. The van der Waals surface area contributed by atoms with Gasteiger partial charge in [-0.2, -0.15) is 5.10 Å². The molecule has 33 heavy (non-hydrogen) atoms. The molecule has 3 aromatic carbocycles. The number of amides is 1. The van der Waals surface area contributed by atoms with Crippen LogP contribution in [-0.4, -0.2) is 16.7 Å². The van der Waals surface area contributed by atoms with Gasteiger partial charge >= 0.3 is 0 Å². The zero-order chi connectivity index (χ0) is 23.2. The molecule has 1 N–H and O–H groups in total. The molecule has 166 valence electrons. The molecule has 4 rings (SSSR count). The summed E-state index contributed by atoms with van der Waals surface area (Å²) in [7, 11) is 0. The maximum Gasteiger partial charge on any atom is 0.271 e. The number of aryl methyl sites for hydroxylation is 1. The van der Waals surface area contributed by atoms with Crippen molar-refractivity contribution in [3.8, 4) is 5.69 Å². The van der Waals surface area contributed by atoms with Crippen LogP contribution in [-0.2, 0) is 5.75 Å². The van der Waals surface area contributed by atoms with Crippen molar-refractivity contribution in [1.29, 1.82) is 0 Å². The zero-order valence-corrected chi connectivity index (χ0v) is 19.3. The van der Waals surface area contributed by atoms with Crippen molar-refractivity contribution in [3.05, 3.63) is 119 Å². The van der Waals surface area contributed by atoms with Crippen molar-refractivity contribution in [1.82, 2.24) is 9.99 Å². The highest BCUT2D eigenvalue weighted by molar-refractivity contribution is 7.98. The van der Waals surface area contributed by atoms with Gasteiger partial charge in [0.1, 0.15) is 5.82 Å². The van der Waals surface area contributed by atoms with E-state index in [1.807, 2.05) is 54.8 Å².